The molecule has 0 aliphatic rings. The molecule has 0 atom stereocenters. The molecule has 3 aromatic rings. The molecule has 2 heterocycles. The molecule has 0 aliphatic carbocycles. The van der Waals surface area contributed by atoms with Crippen molar-refractivity contribution in [1.82, 2.24) is 4.98 Å². The molecule has 0 saturated carbocycles. The highest BCUT2D eigenvalue weighted by molar-refractivity contribution is 7.13. The number of nitrogens with one attached hydrogen (secondary N) is 1. The Hall–Kier alpha value is -2.60. The normalized spacial score (nSPS) is 10.9. The number of hydrogen-bond donors (Lipinski definition) is 1. The van der Waals surface area contributed by atoms with E-state index in [1.54, 1.807) is 23.7 Å². The van der Waals surface area contributed by atoms with Crippen LogP contribution in [0, 0.1) is 6.92 Å². The van der Waals surface area contributed by atoms with Gasteiger partial charge in [-0.05, 0) is 42.2 Å². The van der Waals surface area contributed by atoms with Gasteiger partial charge >= 0.3 is 0 Å². The molecule has 1 N–H and O–H groups in total. The Kier molecular flexibility index (Phi) is 5.19. The Morgan fingerprint density at radius 1 is 1.32 bits per heavy atom. The summed E-state index contributed by atoms with van der Waals surface area (Å²) in [4.78, 5) is 16.1. The van der Waals surface area contributed by atoms with Gasteiger partial charge in [0, 0.05) is 11.6 Å². The van der Waals surface area contributed by atoms with Crippen LogP contribution in [0.4, 0.5) is 5.13 Å². The van der Waals surface area contributed by atoms with Crippen molar-refractivity contribution in [2.45, 2.75) is 33.3 Å². The van der Waals surface area contributed by atoms with E-state index in [4.69, 9.17) is 9.15 Å². The summed E-state index contributed by atoms with van der Waals surface area (Å²) in [6.07, 6.45) is 1.63. The molecule has 1 aromatic carbocycles. The van der Waals surface area contributed by atoms with Crippen molar-refractivity contribution in [1.29, 1.82) is 0 Å². The molecule has 5 nitrogen and oxygen atoms in total. The van der Waals surface area contributed by atoms with Crippen molar-refractivity contribution in [3.05, 3.63) is 64.6 Å². The van der Waals surface area contributed by atoms with Gasteiger partial charge < -0.3 is 9.15 Å². The lowest BCUT2D eigenvalue weighted by atomic mass is 10.0. The summed E-state index contributed by atoms with van der Waals surface area (Å²) in [6.45, 7) is 6.57. The van der Waals surface area contributed by atoms with Crippen molar-refractivity contribution in [3.8, 4) is 5.75 Å². The van der Waals surface area contributed by atoms with Crippen LogP contribution in [0.15, 0.2) is 46.3 Å². The van der Waals surface area contributed by atoms with Gasteiger partial charge in [0.15, 0.2) is 10.9 Å². The molecule has 6 heteroatoms. The summed E-state index contributed by atoms with van der Waals surface area (Å²) in [5.74, 6) is 1.73. The smallest absolute Gasteiger partial charge is 0.293 e. The highest BCUT2D eigenvalue weighted by Crippen LogP contribution is 2.28. The number of aryl methyl sites for hydroxylation is 1. The van der Waals surface area contributed by atoms with E-state index in [-0.39, 0.29) is 18.3 Å². The molecule has 2 aromatic heterocycles. The first kappa shape index (κ1) is 17.2. The zero-order chi connectivity index (χ0) is 17.8. The molecule has 0 spiro atoms. The molecule has 0 aliphatic heterocycles. The van der Waals surface area contributed by atoms with Crippen molar-refractivity contribution >= 4 is 22.4 Å². The molecule has 0 saturated heterocycles. The average Bonchev–Trinajstić information content (AvgIpc) is 3.24. The van der Waals surface area contributed by atoms with Gasteiger partial charge in [-0.25, -0.2) is 4.98 Å². The number of thiazole rings is 1. The van der Waals surface area contributed by atoms with E-state index in [0.29, 0.717) is 16.8 Å². The third-order valence-electron chi connectivity index (χ3n) is 3.70. The zero-order valence-electron chi connectivity index (χ0n) is 14.4. The van der Waals surface area contributed by atoms with E-state index in [2.05, 4.69) is 36.3 Å². The third-order valence-corrected chi connectivity index (χ3v) is 4.39. The molecule has 1 amide bonds. The highest BCUT2D eigenvalue weighted by Gasteiger charge is 2.14. The summed E-state index contributed by atoms with van der Waals surface area (Å²) in [6, 6.07) is 9.58. The molecule has 3 rings (SSSR count). The number of carbonyl (C=O) groups excluding carboxylic acids is 1. The van der Waals surface area contributed by atoms with Crippen LogP contribution in [-0.2, 0) is 6.61 Å². The van der Waals surface area contributed by atoms with Crippen molar-refractivity contribution in [3.63, 3.8) is 0 Å². The molecule has 25 heavy (non-hydrogen) atoms. The maximum absolute atomic E-state index is 12.1. The van der Waals surface area contributed by atoms with Crippen LogP contribution in [0.25, 0.3) is 0 Å². The largest absolute Gasteiger partial charge is 0.485 e. The number of nitrogens with zero attached hydrogens (tertiary/aromatic N) is 1. The fourth-order valence-electron chi connectivity index (χ4n) is 2.41. The second kappa shape index (κ2) is 7.53. The summed E-state index contributed by atoms with van der Waals surface area (Å²) < 4.78 is 11.5. The van der Waals surface area contributed by atoms with Crippen molar-refractivity contribution < 1.29 is 13.9 Å². The van der Waals surface area contributed by atoms with Crippen LogP contribution in [0.3, 0.4) is 0 Å². The van der Waals surface area contributed by atoms with E-state index < -0.39 is 0 Å². The Morgan fingerprint density at radius 3 is 2.88 bits per heavy atom. The maximum atomic E-state index is 12.1. The lowest BCUT2D eigenvalue weighted by Gasteiger charge is -2.14. The maximum Gasteiger partial charge on any atom is 0.293 e. The summed E-state index contributed by atoms with van der Waals surface area (Å²) in [7, 11) is 0. The Labute approximate surface area is 150 Å². The van der Waals surface area contributed by atoms with Gasteiger partial charge in [-0.15, -0.1) is 11.3 Å². The van der Waals surface area contributed by atoms with Crippen LogP contribution in [0.5, 0.6) is 5.75 Å². The molecular formula is C19H20N2O3S. The first-order valence-electron chi connectivity index (χ1n) is 8.06. The number of hydrogen-bond acceptors (Lipinski definition) is 5. The zero-order valence-corrected chi connectivity index (χ0v) is 15.2. The van der Waals surface area contributed by atoms with Crippen molar-refractivity contribution in [2.24, 2.45) is 0 Å². The number of amides is 1. The van der Waals surface area contributed by atoms with Gasteiger partial charge in [0.25, 0.3) is 5.91 Å². The van der Waals surface area contributed by atoms with Crippen molar-refractivity contribution in [2.75, 3.05) is 5.32 Å². The first-order valence-corrected chi connectivity index (χ1v) is 8.94. The molecule has 130 valence electrons. The van der Waals surface area contributed by atoms with Gasteiger partial charge in [-0.2, -0.15) is 0 Å². The molecule has 0 unspecified atom stereocenters. The number of anilines is 1. The SMILES string of the molecule is Cc1ccc(C(C)C)c(OCc2ccc(C(=O)Nc3nccs3)o2)c1. The number of carbonyl (C=O) groups is 1. The lowest BCUT2D eigenvalue weighted by molar-refractivity contribution is 0.0992. The van der Waals surface area contributed by atoms with Crippen LogP contribution in [0.1, 0.15) is 47.2 Å². The molecule has 0 radical (unpaired) electrons. The summed E-state index contributed by atoms with van der Waals surface area (Å²) in [5.41, 5.74) is 2.29. The van der Waals surface area contributed by atoms with Crippen LogP contribution in [0.2, 0.25) is 0 Å². The first-order chi connectivity index (χ1) is 12.0. The second-order valence-electron chi connectivity index (χ2n) is 6.04. The summed E-state index contributed by atoms with van der Waals surface area (Å²) in [5, 5.41) is 5.03. The lowest BCUT2D eigenvalue weighted by Crippen LogP contribution is -2.10. The number of benzene rings is 1. The Bertz CT molecular complexity index is 853. The highest BCUT2D eigenvalue weighted by atomic mass is 32.1. The number of rotatable bonds is 6. The molecule has 0 fully saturated rings. The molecular weight excluding hydrogens is 336 g/mol. The van der Waals surface area contributed by atoms with Crippen LogP contribution < -0.4 is 10.1 Å². The fraction of sp³-hybridized carbons (Fsp3) is 0.263. The van der Waals surface area contributed by atoms with Gasteiger partial charge in [-0.1, -0.05) is 26.0 Å². The Balaban J connectivity index is 1.66. The van der Waals surface area contributed by atoms with Crippen LogP contribution in [-0.4, -0.2) is 10.9 Å². The molecule has 0 bridgehead atoms. The average molecular weight is 356 g/mol. The minimum absolute atomic E-state index is 0.238. The quantitative estimate of drug-likeness (QED) is 0.675. The van der Waals surface area contributed by atoms with Gasteiger partial charge in [-0.3, -0.25) is 10.1 Å². The van der Waals surface area contributed by atoms with E-state index >= 15 is 0 Å². The standard InChI is InChI=1S/C19H20N2O3S/c1-12(2)15-6-4-13(3)10-17(15)23-11-14-5-7-16(24-14)18(22)21-19-20-8-9-25-19/h4-10,12H,11H2,1-3H3,(H,20,21,22). The minimum atomic E-state index is -0.320. The van der Waals surface area contributed by atoms with E-state index in [1.807, 2.05) is 13.0 Å². The fourth-order valence-corrected chi connectivity index (χ4v) is 2.94. The van der Waals surface area contributed by atoms with Gasteiger partial charge in [0.1, 0.15) is 18.1 Å². The van der Waals surface area contributed by atoms with E-state index in [9.17, 15) is 4.79 Å². The van der Waals surface area contributed by atoms with Gasteiger partial charge in [0.05, 0.1) is 0 Å². The number of ether oxygens (including phenoxy) is 1. The summed E-state index contributed by atoms with van der Waals surface area (Å²) >= 11 is 1.36. The number of furan rings is 1. The third kappa shape index (κ3) is 4.28. The number of aromatic nitrogens is 1. The predicted octanol–water partition coefficient (Wildman–Crippen LogP) is 5.00. The second-order valence-corrected chi connectivity index (χ2v) is 6.94. The minimum Gasteiger partial charge on any atom is -0.485 e. The van der Waals surface area contributed by atoms with Gasteiger partial charge in [0.2, 0.25) is 0 Å². The van der Waals surface area contributed by atoms with Crippen LogP contribution >= 0.6 is 11.3 Å². The monoisotopic (exact) mass is 356 g/mol. The topological polar surface area (TPSA) is 64.4 Å². The Morgan fingerprint density at radius 2 is 2.16 bits per heavy atom. The predicted molar refractivity (Wildman–Crippen MR) is 98.4 cm³/mol. The van der Waals surface area contributed by atoms with E-state index in [0.717, 1.165) is 16.9 Å². The van der Waals surface area contributed by atoms with E-state index in [1.165, 1.54) is 11.3 Å².